The van der Waals surface area contributed by atoms with E-state index in [1.54, 1.807) is 0 Å². The van der Waals surface area contributed by atoms with Gasteiger partial charge in [-0.25, -0.2) is 8.96 Å². The van der Waals surface area contributed by atoms with Crippen LogP contribution in [-0.4, -0.2) is 26.7 Å². The van der Waals surface area contributed by atoms with Crippen molar-refractivity contribution in [2.45, 2.75) is 18.0 Å². The fourth-order valence-electron chi connectivity index (χ4n) is 1.79. The third-order valence-corrected chi connectivity index (χ3v) is 3.94. The summed E-state index contributed by atoms with van der Waals surface area (Å²) in [5.74, 6) is -2.70. The Hall–Kier alpha value is -1.83. The van der Waals surface area contributed by atoms with Gasteiger partial charge in [0.05, 0.1) is 11.4 Å². The minimum absolute atomic E-state index is 0.217. The van der Waals surface area contributed by atoms with E-state index in [9.17, 15) is 27.8 Å². The molecule has 1 aromatic heterocycles. The molecular formula is C13H11F4NO2S. The van der Waals surface area contributed by atoms with Gasteiger partial charge in [-0.2, -0.15) is 13.2 Å². The molecule has 2 aromatic rings. The number of alkyl halides is 3. The van der Waals surface area contributed by atoms with E-state index in [1.165, 1.54) is 13.0 Å². The van der Waals surface area contributed by atoms with Crippen molar-refractivity contribution < 1.29 is 27.8 Å². The summed E-state index contributed by atoms with van der Waals surface area (Å²) in [6.45, 7) is 1.49. The molecule has 1 heterocycles. The first-order valence-electron chi connectivity index (χ1n) is 5.79. The molecule has 21 heavy (non-hydrogen) atoms. The molecule has 2 N–H and O–H groups in total. The summed E-state index contributed by atoms with van der Waals surface area (Å²) in [6.07, 6.45) is -4.34. The maximum Gasteiger partial charge on any atom is 0.398 e. The van der Waals surface area contributed by atoms with E-state index < -0.39 is 29.5 Å². The lowest BCUT2D eigenvalue weighted by atomic mass is 10.2. The van der Waals surface area contributed by atoms with Crippen LogP contribution >= 0.6 is 11.8 Å². The van der Waals surface area contributed by atoms with Gasteiger partial charge in [0.1, 0.15) is 5.82 Å². The minimum Gasteiger partial charge on any atom is -0.494 e. The van der Waals surface area contributed by atoms with Crippen molar-refractivity contribution in [3.63, 3.8) is 0 Å². The summed E-state index contributed by atoms with van der Waals surface area (Å²) < 4.78 is 51.6. The molecule has 0 amide bonds. The number of aryl methyl sites for hydroxylation is 1. The van der Waals surface area contributed by atoms with E-state index >= 15 is 0 Å². The van der Waals surface area contributed by atoms with Crippen LogP contribution in [0.4, 0.5) is 17.6 Å². The monoisotopic (exact) mass is 321 g/mol. The first-order valence-corrected chi connectivity index (χ1v) is 6.77. The summed E-state index contributed by atoms with van der Waals surface area (Å²) in [5.41, 5.74) is 0.127. The lowest BCUT2D eigenvalue weighted by Crippen LogP contribution is -2.11. The van der Waals surface area contributed by atoms with Gasteiger partial charge in [-0.05, 0) is 24.6 Å². The van der Waals surface area contributed by atoms with Crippen LogP contribution in [0, 0.1) is 12.7 Å². The molecule has 0 aliphatic carbocycles. The maximum atomic E-state index is 14.0. The van der Waals surface area contributed by atoms with Crippen molar-refractivity contribution in [1.82, 2.24) is 4.57 Å². The molecule has 114 valence electrons. The highest BCUT2D eigenvalue weighted by Gasteiger charge is 2.28. The molecular weight excluding hydrogens is 310 g/mol. The summed E-state index contributed by atoms with van der Waals surface area (Å²) >= 11 is 0.518. The zero-order valence-electron chi connectivity index (χ0n) is 10.8. The second-order valence-corrected chi connectivity index (χ2v) is 5.38. The Morgan fingerprint density at radius 1 is 1.14 bits per heavy atom. The number of rotatable bonds is 3. The van der Waals surface area contributed by atoms with Crippen LogP contribution in [0.25, 0.3) is 5.69 Å². The molecule has 0 aliphatic rings. The van der Waals surface area contributed by atoms with Crippen molar-refractivity contribution in [3.8, 4) is 17.4 Å². The molecule has 0 bridgehead atoms. The highest BCUT2D eigenvalue weighted by molar-refractivity contribution is 7.99. The van der Waals surface area contributed by atoms with E-state index in [4.69, 9.17) is 0 Å². The molecule has 0 saturated heterocycles. The van der Waals surface area contributed by atoms with Gasteiger partial charge in [0.2, 0.25) is 0 Å². The van der Waals surface area contributed by atoms with Crippen LogP contribution in [0.5, 0.6) is 11.8 Å². The highest BCUT2D eigenvalue weighted by Crippen LogP contribution is 2.35. The van der Waals surface area contributed by atoms with Crippen LogP contribution < -0.4 is 0 Å². The fourth-order valence-corrected chi connectivity index (χ4v) is 2.59. The SMILES string of the molecule is Cc1cc(F)c(-n2c(O)ccc2O)cc1SCC(F)(F)F. The third kappa shape index (κ3) is 3.44. The summed E-state index contributed by atoms with van der Waals surface area (Å²) in [4.78, 5) is 0.219. The highest BCUT2D eigenvalue weighted by atomic mass is 32.2. The Balaban J connectivity index is 2.44. The fraction of sp³-hybridized carbons (Fsp3) is 0.231. The van der Waals surface area contributed by atoms with Crippen LogP contribution in [-0.2, 0) is 0 Å². The lowest BCUT2D eigenvalue weighted by molar-refractivity contribution is -0.105. The molecule has 0 atom stereocenters. The standard InChI is InChI=1S/C13H11F4NO2S/c1-7-4-8(14)9(18-11(19)2-3-12(18)20)5-10(7)21-6-13(15,16)17/h2-5,19-20H,6H2,1H3. The largest absolute Gasteiger partial charge is 0.494 e. The molecule has 0 spiro atoms. The number of nitrogens with zero attached hydrogens (tertiary/aromatic N) is 1. The second-order valence-electron chi connectivity index (χ2n) is 4.36. The lowest BCUT2D eigenvalue weighted by Gasteiger charge is -2.13. The molecule has 0 saturated carbocycles. The zero-order valence-corrected chi connectivity index (χ0v) is 11.6. The number of benzene rings is 1. The van der Waals surface area contributed by atoms with Gasteiger partial charge >= 0.3 is 6.18 Å². The number of hydrogen-bond acceptors (Lipinski definition) is 3. The van der Waals surface area contributed by atoms with Crippen molar-refractivity contribution in [2.75, 3.05) is 5.75 Å². The normalized spacial score (nSPS) is 11.9. The van der Waals surface area contributed by atoms with E-state index in [0.717, 1.165) is 22.8 Å². The number of hydrogen-bond donors (Lipinski definition) is 2. The zero-order chi connectivity index (χ0) is 15.8. The first kappa shape index (κ1) is 15.6. The Morgan fingerprint density at radius 3 is 2.24 bits per heavy atom. The summed E-state index contributed by atoms with van der Waals surface area (Å²) in [6, 6.07) is 4.53. The molecule has 0 aliphatic heterocycles. The molecule has 1 aromatic carbocycles. The molecule has 2 rings (SSSR count). The molecule has 8 heteroatoms. The number of aromatic nitrogens is 1. The van der Waals surface area contributed by atoms with Gasteiger partial charge < -0.3 is 10.2 Å². The van der Waals surface area contributed by atoms with E-state index in [-0.39, 0.29) is 10.6 Å². The van der Waals surface area contributed by atoms with Gasteiger partial charge in [0.15, 0.2) is 11.8 Å². The molecule has 3 nitrogen and oxygen atoms in total. The molecule has 0 radical (unpaired) electrons. The predicted octanol–water partition coefficient (Wildman–Crippen LogP) is 3.99. The number of halogens is 4. The van der Waals surface area contributed by atoms with Gasteiger partial charge in [0, 0.05) is 17.0 Å². The van der Waals surface area contributed by atoms with Crippen molar-refractivity contribution in [2.24, 2.45) is 0 Å². The van der Waals surface area contributed by atoms with Crippen molar-refractivity contribution >= 4 is 11.8 Å². The Morgan fingerprint density at radius 2 is 1.71 bits per heavy atom. The molecule has 0 unspecified atom stereocenters. The summed E-state index contributed by atoms with van der Waals surface area (Å²) in [5, 5.41) is 19.2. The van der Waals surface area contributed by atoms with Crippen LogP contribution in [0.1, 0.15) is 5.56 Å². The third-order valence-electron chi connectivity index (χ3n) is 2.72. The number of aromatic hydroxyl groups is 2. The Bertz CT molecular complexity index is 647. The maximum absolute atomic E-state index is 14.0. The Labute approximate surface area is 121 Å². The predicted molar refractivity (Wildman–Crippen MR) is 70.6 cm³/mol. The topological polar surface area (TPSA) is 45.4 Å². The smallest absolute Gasteiger partial charge is 0.398 e. The first-order chi connectivity index (χ1) is 9.69. The van der Waals surface area contributed by atoms with Gasteiger partial charge in [-0.3, -0.25) is 0 Å². The van der Waals surface area contributed by atoms with Crippen LogP contribution in [0.3, 0.4) is 0 Å². The van der Waals surface area contributed by atoms with Gasteiger partial charge in [-0.15, -0.1) is 11.8 Å². The average molecular weight is 321 g/mol. The average Bonchev–Trinajstić information content (AvgIpc) is 2.68. The number of thioether (sulfide) groups is 1. The van der Waals surface area contributed by atoms with Gasteiger partial charge in [0.25, 0.3) is 0 Å². The summed E-state index contributed by atoms with van der Waals surface area (Å²) in [7, 11) is 0. The molecule has 0 fully saturated rings. The second kappa shape index (κ2) is 5.51. The van der Waals surface area contributed by atoms with E-state index in [1.807, 2.05) is 0 Å². The van der Waals surface area contributed by atoms with E-state index in [2.05, 4.69) is 0 Å². The van der Waals surface area contributed by atoms with Gasteiger partial charge in [-0.1, -0.05) is 0 Å². The van der Waals surface area contributed by atoms with E-state index in [0.29, 0.717) is 17.3 Å². The quantitative estimate of drug-likeness (QED) is 0.664. The van der Waals surface area contributed by atoms with Crippen molar-refractivity contribution in [1.29, 1.82) is 0 Å². The van der Waals surface area contributed by atoms with Crippen LogP contribution in [0.15, 0.2) is 29.2 Å². The minimum atomic E-state index is -4.34. The van der Waals surface area contributed by atoms with Crippen molar-refractivity contribution in [3.05, 3.63) is 35.6 Å². The van der Waals surface area contributed by atoms with Crippen LogP contribution in [0.2, 0.25) is 0 Å². The Kier molecular flexibility index (Phi) is 4.08.